The molecule has 3 heterocycles. The van der Waals surface area contributed by atoms with E-state index in [0.717, 1.165) is 26.2 Å². The van der Waals surface area contributed by atoms with E-state index in [1.165, 1.54) is 17.8 Å². The molecule has 0 aliphatic carbocycles. The summed E-state index contributed by atoms with van der Waals surface area (Å²) in [4.78, 5) is 20.0. The molecular formula is C14H20N8O2S. The molecule has 0 amide bonds. The maximum atomic E-state index is 5.73. The van der Waals surface area contributed by atoms with Crippen LogP contribution in [-0.4, -0.2) is 60.3 Å². The van der Waals surface area contributed by atoms with Crippen LogP contribution in [0.15, 0.2) is 16.1 Å². The van der Waals surface area contributed by atoms with Gasteiger partial charge >= 0.3 is 0 Å². The number of aromatic nitrogens is 4. The highest BCUT2D eigenvalue weighted by Gasteiger charge is 2.22. The van der Waals surface area contributed by atoms with Gasteiger partial charge in [-0.1, -0.05) is 0 Å². The Morgan fingerprint density at radius 3 is 2.08 bits per heavy atom. The zero-order valence-electron chi connectivity index (χ0n) is 14.0. The second-order valence-corrected chi connectivity index (χ2v) is 6.19. The van der Waals surface area contributed by atoms with Crippen LogP contribution in [0.2, 0.25) is 0 Å². The lowest BCUT2D eigenvalue weighted by molar-refractivity contribution is 0.352. The fourth-order valence-electron chi connectivity index (χ4n) is 2.37. The molecule has 3 rings (SSSR count). The number of hydrogen-bond acceptors (Lipinski definition) is 11. The van der Waals surface area contributed by atoms with E-state index in [-0.39, 0.29) is 11.6 Å². The lowest BCUT2D eigenvalue weighted by Gasteiger charge is -2.28. The standard InChI is InChI=1S/C14H20N8O2S/c1-23-11-10(25-14-18-8(15)7-9(16)19-14)12(24-2)21-13(20-11)22-5-3-17-4-6-22/h7,17H,3-6H2,1-2H3,(H4,15,16,18,19). The van der Waals surface area contributed by atoms with E-state index in [1.807, 2.05) is 0 Å². The highest BCUT2D eigenvalue weighted by Crippen LogP contribution is 2.39. The minimum atomic E-state index is 0.284. The molecule has 0 saturated carbocycles. The Morgan fingerprint density at radius 1 is 1.00 bits per heavy atom. The van der Waals surface area contributed by atoms with Crippen LogP contribution in [0.3, 0.4) is 0 Å². The maximum Gasteiger partial charge on any atom is 0.236 e. The van der Waals surface area contributed by atoms with Crippen molar-refractivity contribution in [2.75, 3.05) is 56.8 Å². The van der Waals surface area contributed by atoms with Gasteiger partial charge in [0.1, 0.15) is 16.5 Å². The normalized spacial score (nSPS) is 14.4. The first kappa shape index (κ1) is 17.3. The predicted molar refractivity (Wildman–Crippen MR) is 95.2 cm³/mol. The van der Waals surface area contributed by atoms with Gasteiger partial charge in [0, 0.05) is 32.2 Å². The molecule has 1 saturated heterocycles. The van der Waals surface area contributed by atoms with Gasteiger partial charge < -0.3 is 31.2 Å². The van der Waals surface area contributed by atoms with Crippen molar-refractivity contribution in [1.29, 1.82) is 0 Å². The summed E-state index contributed by atoms with van der Waals surface area (Å²) in [6, 6.07) is 1.49. The van der Waals surface area contributed by atoms with Crippen molar-refractivity contribution in [2.45, 2.75) is 10.1 Å². The molecule has 0 radical (unpaired) electrons. The van der Waals surface area contributed by atoms with Gasteiger partial charge in [-0.15, -0.1) is 0 Å². The Balaban J connectivity index is 1.97. The molecule has 134 valence electrons. The summed E-state index contributed by atoms with van der Waals surface area (Å²) < 4.78 is 10.9. The van der Waals surface area contributed by atoms with Crippen LogP contribution in [0, 0.1) is 0 Å². The van der Waals surface area contributed by atoms with Gasteiger partial charge in [-0.2, -0.15) is 9.97 Å². The Labute approximate surface area is 149 Å². The number of hydrogen-bond donors (Lipinski definition) is 3. The molecule has 2 aromatic rings. The van der Waals surface area contributed by atoms with Gasteiger partial charge in [-0.05, 0) is 11.8 Å². The SMILES string of the molecule is COc1nc(N2CCNCC2)nc(OC)c1Sc1nc(N)cc(N)n1. The number of nitrogen functional groups attached to an aromatic ring is 2. The number of piperazine rings is 1. The molecule has 1 aliphatic heterocycles. The Hall–Kier alpha value is -2.53. The van der Waals surface area contributed by atoms with E-state index in [4.69, 9.17) is 20.9 Å². The number of methoxy groups -OCH3 is 2. The van der Waals surface area contributed by atoms with Crippen LogP contribution in [0.1, 0.15) is 0 Å². The third-order valence-electron chi connectivity index (χ3n) is 3.52. The first-order chi connectivity index (χ1) is 12.1. The molecule has 25 heavy (non-hydrogen) atoms. The first-order valence-corrected chi connectivity index (χ1v) is 8.46. The van der Waals surface area contributed by atoms with E-state index >= 15 is 0 Å². The number of rotatable bonds is 5. The van der Waals surface area contributed by atoms with Gasteiger partial charge in [-0.25, -0.2) is 9.97 Å². The van der Waals surface area contributed by atoms with Crippen molar-refractivity contribution >= 4 is 29.3 Å². The van der Waals surface area contributed by atoms with Crippen molar-refractivity contribution in [2.24, 2.45) is 0 Å². The number of nitrogens with one attached hydrogen (secondary N) is 1. The fourth-order valence-corrected chi connectivity index (χ4v) is 3.29. The van der Waals surface area contributed by atoms with Crippen molar-refractivity contribution < 1.29 is 9.47 Å². The van der Waals surface area contributed by atoms with E-state index in [1.54, 1.807) is 14.2 Å². The zero-order valence-corrected chi connectivity index (χ0v) is 14.8. The molecule has 11 heteroatoms. The van der Waals surface area contributed by atoms with Gasteiger partial charge in [-0.3, -0.25) is 0 Å². The number of ether oxygens (including phenoxy) is 2. The Kier molecular flexibility index (Phi) is 5.24. The van der Waals surface area contributed by atoms with Crippen LogP contribution in [0.25, 0.3) is 0 Å². The molecule has 0 aromatic carbocycles. The van der Waals surface area contributed by atoms with Crippen molar-refractivity contribution in [3.05, 3.63) is 6.07 Å². The topological polar surface area (TPSA) is 137 Å². The lowest BCUT2D eigenvalue weighted by Crippen LogP contribution is -2.44. The largest absolute Gasteiger partial charge is 0.480 e. The van der Waals surface area contributed by atoms with Crippen LogP contribution < -0.4 is 31.2 Å². The first-order valence-electron chi connectivity index (χ1n) is 7.64. The second kappa shape index (κ2) is 7.57. The fraction of sp³-hybridized carbons (Fsp3) is 0.429. The molecule has 0 spiro atoms. The number of nitrogens with zero attached hydrogens (tertiary/aromatic N) is 5. The summed E-state index contributed by atoms with van der Waals surface area (Å²) in [6.07, 6.45) is 0. The molecular weight excluding hydrogens is 344 g/mol. The summed E-state index contributed by atoms with van der Waals surface area (Å²) in [5, 5.41) is 3.66. The van der Waals surface area contributed by atoms with Gasteiger partial charge in [0.15, 0.2) is 5.16 Å². The van der Waals surface area contributed by atoms with Crippen molar-refractivity contribution in [1.82, 2.24) is 25.3 Å². The highest BCUT2D eigenvalue weighted by atomic mass is 32.2. The molecule has 1 fully saturated rings. The monoisotopic (exact) mass is 364 g/mol. The van der Waals surface area contributed by atoms with E-state index in [0.29, 0.717) is 27.8 Å². The van der Waals surface area contributed by atoms with Gasteiger partial charge in [0.2, 0.25) is 17.7 Å². The number of anilines is 3. The average Bonchev–Trinajstić information content (AvgIpc) is 2.61. The third kappa shape index (κ3) is 3.94. The van der Waals surface area contributed by atoms with Crippen molar-refractivity contribution in [3.8, 4) is 11.8 Å². The van der Waals surface area contributed by atoms with Crippen LogP contribution in [0.5, 0.6) is 11.8 Å². The summed E-state index contributed by atoms with van der Waals surface area (Å²) >= 11 is 1.19. The van der Waals surface area contributed by atoms with Crippen LogP contribution >= 0.6 is 11.8 Å². The molecule has 10 nitrogen and oxygen atoms in total. The Morgan fingerprint density at radius 2 is 1.56 bits per heavy atom. The van der Waals surface area contributed by atoms with Crippen molar-refractivity contribution in [3.63, 3.8) is 0 Å². The molecule has 0 bridgehead atoms. The summed E-state index contributed by atoms with van der Waals surface area (Å²) in [7, 11) is 3.09. The van der Waals surface area contributed by atoms with Gasteiger partial charge in [0.05, 0.1) is 14.2 Å². The summed E-state index contributed by atoms with van der Waals surface area (Å²) in [6.45, 7) is 3.38. The third-order valence-corrected chi connectivity index (χ3v) is 4.44. The van der Waals surface area contributed by atoms with E-state index in [9.17, 15) is 0 Å². The zero-order chi connectivity index (χ0) is 17.8. The highest BCUT2D eigenvalue weighted by molar-refractivity contribution is 7.99. The maximum absolute atomic E-state index is 5.73. The smallest absolute Gasteiger partial charge is 0.236 e. The molecule has 5 N–H and O–H groups in total. The number of nitrogens with two attached hydrogens (primary N) is 2. The molecule has 2 aromatic heterocycles. The Bertz CT molecular complexity index is 708. The minimum Gasteiger partial charge on any atom is -0.480 e. The van der Waals surface area contributed by atoms with E-state index < -0.39 is 0 Å². The second-order valence-electron chi connectivity index (χ2n) is 5.21. The summed E-state index contributed by atoms with van der Waals surface area (Å²) in [5.74, 6) is 1.90. The van der Waals surface area contributed by atoms with Crippen LogP contribution in [-0.2, 0) is 0 Å². The minimum absolute atomic E-state index is 0.284. The van der Waals surface area contributed by atoms with Crippen LogP contribution in [0.4, 0.5) is 17.6 Å². The average molecular weight is 364 g/mol. The lowest BCUT2D eigenvalue weighted by atomic mass is 10.4. The van der Waals surface area contributed by atoms with Gasteiger partial charge in [0.25, 0.3) is 0 Å². The van der Waals surface area contributed by atoms with E-state index in [2.05, 4.69) is 30.2 Å². The predicted octanol–water partition coefficient (Wildman–Crippen LogP) is 0.00900. The molecule has 0 atom stereocenters. The molecule has 0 unspecified atom stereocenters. The molecule has 1 aliphatic rings. The quantitative estimate of drug-likeness (QED) is 0.618. The summed E-state index contributed by atoms with van der Waals surface area (Å²) in [5.41, 5.74) is 11.5.